The summed E-state index contributed by atoms with van der Waals surface area (Å²) in [5, 5.41) is 0. The number of rotatable bonds is 44. The van der Waals surface area contributed by atoms with E-state index in [0.717, 1.165) is 116 Å². The molecule has 0 radical (unpaired) electrons. The van der Waals surface area contributed by atoms with E-state index < -0.39 is 13.9 Å². The van der Waals surface area contributed by atoms with Crippen molar-refractivity contribution in [2.75, 3.05) is 54.1 Å². The van der Waals surface area contributed by atoms with Crippen LogP contribution in [0.4, 0.5) is 0 Å². The molecule has 0 aromatic rings. The molecule has 0 aliphatic rings. The van der Waals surface area contributed by atoms with Gasteiger partial charge in [-0.1, -0.05) is 172 Å². The van der Waals surface area contributed by atoms with Gasteiger partial charge >= 0.3 is 13.8 Å². The summed E-state index contributed by atoms with van der Waals surface area (Å²) in [4.78, 5) is 23.0. The molecule has 2 atom stereocenters. The summed E-state index contributed by atoms with van der Waals surface area (Å²) in [6.07, 6.45) is 74.5. The smallest absolute Gasteiger partial charge is 0.457 e. The zero-order valence-electron chi connectivity index (χ0n) is 42.6. The van der Waals surface area contributed by atoms with Crippen LogP contribution in [0.15, 0.2) is 158 Å². The Labute approximate surface area is 410 Å². The van der Waals surface area contributed by atoms with E-state index in [0.29, 0.717) is 24.1 Å². The first-order chi connectivity index (χ1) is 32.6. The number of hydrogen-bond donors (Lipinski definition) is 1. The van der Waals surface area contributed by atoms with Gasteiger partial charge in [-0.2, -0.15) is 0 Å². The third kappa shape index (κ3) is 52.9. The van der Waals surface area contributed by atoms with E-state index in [1.54, 1.807) is 0 Å². The van der Waals surface area contributed by atoms with Crippen LogP contribution in [0, 0.1) is 0 Å². The number of phosphoric acid groups is 1. The Morgan fingerprint density at radius 1 is 0.463 bits per heavy atom. The number of phosphoric ester groups is 1. The zero-order valence-corrected chi connectivity index (χ0v) is 43.5. The lowest BCUT2D eigenvalue weighted by molar-refractivity contribution is -0.870. The second kappa shape index (κ2) is 48.6. The predicted octanol–water partition coefficient (Wildman–Crippen LogP) is 15.8. The number of unbranched alkanes of at least 4 members (excludes halogenated alkanes) is 4. The van der Waals surface area contributed by atoms with Crippen molar-refractivity contribution in [3.63, 3.8) is 0 Å². The first kappa shape index (κ1) is 63.1. The van der Waals surface area contributed by atoms with Crippen molar-refractivity contribution in [3.8, 4) is 0 Å². The summed E-state index contributed by atoms with van der Waals surface area (Å²) in [7, 11) is 1.58. The predicted molar refractivity (Wildman–Crippen MR) is 288 cm³/mol. The molecule has 0 aliphatic carbocycles. The standard InChI is InChI=1S/C58H92NO7P/c1-6-8-10-12-14-16-18-20-22-24-26-28-29-30-32-34-36-38-40-42-44-46-48-50-53-63-55-57(56-65-67(61,62)64-54-52-59(3,4)5)66-58(60)51-49-47-45-43-41-39-37-35-33-31-27-25-23-21-19-17-15-13-11-9-7-2/h8-11,14-17,20-23,26-28,30-32,35-38,41-44,57H,6-7,12-13,18-19,24-25,29,33-34,39-40,45-56H2,1-5H3/p+1/b10-8-,11-9-,16-14-,17-15-,22-20-,23-21-,28-26-,31-27-,32-30-,37-35-,38-36-,43-41-,44-42-. The molecular weight excluding hydrogens is 854 g/mol. The lowest BCUT2D eigenvalue weighted by Gasteiger charge is -2.24. The highest BCUT2D eigenvalue weighted by atomic mass is 31.2. The van der Waals surface area contributed by atoms with Gasteiger partial charge in [0.1, 0.15) is 19.3 Å². The van der Waals surface area contributed by atoms with Gasteiger partial charge in [0.25, 0.3) is 0 Å². The number of quaternary nitrogens is 1. The molecule has 0 aliphatic heterocycles. The molecular formula is C58H93NO7P+. The minimum absolute atomic E-state index is 0.0604. The van der Waals surface area contributed by atoms with Crippen LogP contribution in [0.1, 0.15) is 142 Å². The van der Waals surface area contributed by atoms with E-state index in [-0.39, 0.29) is 32.2 Å². The van der Waals surface area contributed by atoms with Crippen LogP contribution in [0.5, 0.6) is 0 Å². The minimum atomic E-state index is -4.32. The maximum atomic E-state index is 12.7. The molecule has 9 heteroatoms. The Morgan fingerprint density at radius 3 is 1.16 bits per heavy atom. The van der Waals surface area contributed by atoms with E-state index in [9.17, 15) is 14.3 Å². The van der Waals surface area contributed by atoms with Crippen LogP contribution in [0.25, 0.3) is 0 Å². The van der Waals surface area contributed by atoms with Gasteiger partial charge in [0, 0.05) is 13.0 Å². The second-order valence-electron chi connectivity index (χ2n) is 17.1. The summed E-state index contributed by atoms with van der Waals surface area (Å²) in [6.45, 7) is 5.16. The van der Waals surface area contributed by atoms with Crippen LogP contribution in [-0.4, -0.2) is 75.6 Å². The molecule has 0 heterocycles. The number of carbonyl (C=O) groups is 1. The first-order valence-electron chi connectivity index (χ1n) is 25.2. The normalized spacial score (nSPS) is 14.9. The number of ether oxygens (including phenoxy) is 2. The van der Waals surface area contributed by atoms with Crippen LogP contribution in [-0.2, 0) is 27.9 Å². The molecule has 0 saturated carbocycles. The van der Waals surface area contributed by atoms with Crippen molar-refractivity contribution in [3.05, 3.63) is 158 Å². The van der Waals surface area contributed by atoms with Gasteiger partial charge in [-0.25, -0.2) is 4.57 Å². The lowest BCUT2D eigenvalue weighted by atomic mass is 10.2. The quantitative estimate of drug-likeness (QED) is 0.0214. The topological polar surface area (TPSA) is 91.3 Å². The maximum absolute atomic E-state index is 12.7. The summed E-state index contributed by atoms with van der Waals surface area (Å²) < 4.78 is 35.0. The number of esters is 1. The van der Waals surface area contributed by atoms with Crippen molar-refractivity contribution in [2.24, 2.45) is 0 Å². The van der Waals surface area contributed by atoms with E-state index in [1.807, 2.05) is 21.1 Å². The Kier molecular flexibility index (Phi) is 45.8. The fourth-order valence-electron chi connectivity index (χ4n) is 5.77. The third-order valence-electron chi connectivity index (χ3n) is 9.59. The van der Waals surface area contributed by atoms with Crippen molar-refractivity contribution in [1.29, 1.82) is 0 Å². The van der Waals surface area contributed by atoms with Crippen molar-refractivity contribution >= 4 is 13.8 Å². The van der Waals surface area contributed by atoms with Crippen molar-refractivity contribution < 1.29 is 37.3 Å². The third-order valence-corrected chi connectivity index (χ3v) is 10.6. The SMILES string of the molecule is CC/C=C\C/C=C\C/C=C\C/C=C\C/C=C\C/C=C\C/C=C\CCCCOCC(COP(=O)(O)OCC[N+](C)(C)C)OC(=O)CCCC/C=C\C/C=C\C/C=C\C/C=C\C/C=C\C/C=C\CC. The molecule has 0 aromatic carbocycles. The van der Waals surface area contributed by atoms with Gasteiger partial charge in [0.2, 0.25) is 0 Å². The van der Waals surface area contributed by atoms with Gasteiger partial charge < -0.3 is 18.9 Å². The average Bonchev–Trinajstić information content (AvgIpc) is 3.29. The summed E-state index contributed by atoms with van der Waals surface area (Å²) in [6, 6.07) is 0. The summed E-state index contributed by atoms with van der Waals surface area (Å²) >= 11 is 0. The Bertz CT molecular complexity index is 1620. The highest BCUT2D eigenvalue weighted by Gasteiger charge is 2.26. The molecule has 0 rings (SSSR count). The second-order valence-corrected chi connectivity index (χ2v) is 18.5. The molecule has 0 spiro atoms. The van der Waals surface area contributed by atoms with E-state index >= 15 is 0 Å². The van der Waals surface area contributed by atoms with E-state index in [1.165, 1.54) is 0 Å². The van der Waals surface area contributed by atoms with E-state index in [2.05, 4.69) is 172 Å². The Morgan fingerprint density at radius 2 is 0.806 bits per heavy atom. The minimum Gasteiger partial charge on any atom is -0.457 e. The first-order valence-corrected chi connectivity index (χ1v) is 26.7. The van der Waals surface area contributed by atoms with Crippen molar-refractivity contribution in [2.45, 2.75) is 148 Å². The molecule has 1 N–H and O–H groups in total. The molecule has 0 amide bonds. The number of likely N-dealkylation sites (N-methyl/N-ethyl adjacent to an activating group) is 1. The largest absolute Gasteiger partial charge is 0.472 e. The average molecular weight is 947 g/mol. The van der Waals surface area contributed by atoms with Gasteiger partial charge in [-0.15, -0.1) is 0 Å². The van der Waals surface area contributed by atoms with Gasteiger partial charge in [-0.05, 0) is 122 Å². The number of hydrogen-bond acceptors (Lipinski definition) is 6. The molecule has 376 valence electrons. The lowest BCUT2D eigenvalue weighted by Crippen LogP contribution is -2.37. The zero-order chi connectivity index (χ0) is 49.0. The molecule has 0 bridgehead atoms. The molecule has 8 nitrogen and oxygen atoms in total. The Hall–Kier alpha value is -3.88. The van der Waals surface area contributed by atoms with Gasteiger partial charge in [0.05, 0.1) is 34.4 Å². The number of allylic oxidation sites excluding steroid dienone is 26. The summed E-state index contributed by atoms with van der Waals surface area (Å²) in [5.41, 5.74) is 0. The van der Waals surface area contributed by atoms with Crippen LogP contribution in [0.2, 0.25) is 0 Å². The van der Waals surface area contributed by atoms with E-state index in [4.69, 9.17) is 18.5 Å². The highest BCUT2D eigenvalue weighted by molar-refractivity contribution is 7.47. The monoisotopic (exact) mass is 947 g/mol. The van der Waals surface area contributed by atoms with Crippen LogP contribution < -0.4 is 0 Å². The highest BCUT2D eigenvalue weighted by Crippen LogP contribution is 2.43. The fraction of sp³-hybridized carbons (Fsp3) is 0.534. The molecule has 0 aromatic heterocycles. The summed E-state index contributed by atoms with van der Waals surface area (Å²) in [5.74, 6) is -0.379. The molecule has 67 heavy (non-hydrogen) atoms. The van der Waals surface area contributed by atoms with Crippen LogP contribution in [0.3, 0.4) is 0 Å². The number of nitrogens with zero attached hydrogens (tertiary/aromatic N) is 1. The molecule has 2 unspecified atom stereocenters. The maximum Gasteiger partial charge on any atom is 0.472 e. The molecule has 0 saturated heterocycles. The fourth-order valence-corrected chi connectivity index (χ4v) is 6.51. The van der Waals surface area contributed by atoms with Gasteiger partial charge in [-0.3, -0.25) is 13.8 Å². The Balaban J connectivity index is 4.40. The van der Waals surface area contributed by atoms with Gasteiger partial charge in [0.15, 0.2) is 0 Å². The van der Waals surface area contributed by atoms with Crippen LogP contribution >= 0.6 is 7.82 Å². The van der Waals surface area contributed by atoms with Crippen molar-refractivity contribution in [1.82, 2.24) is 0 Å². The molecule has 0 fully saturated rings. The number of carbonyl (C=O) groups excluding carboxylic acids is 1.